The van der Waals surface area contributed by atoms with Crippen molar-refractivity contribution in [1.82, 2.24) is 0 Å². The first-order chi connectivity index (χ1) is 10.3. The number of halogens is 1. The van der Waals surface area contributed by atoms with Crippen LogP contribution in [0.2, 0.25) is 0 Å². The highest BCUT2D eigenvalue weighted by Gasteiger charge is 2.08. The van der Waals surface area contributed by atoms with Gasteiger partial charge in [0.1, 0.15) is 17.0 Å². The zero-order chi connectivity index (χ0) is 14.2. The minimum atomic E-state index is -0.248. The molecule has 0 spiro atoms. The number of thiophene rings is 1. The topological polar surface area (TPSA) is 25.2 Å². The third kappa shape index (κ3) is 2.28. The first kappa shape index (κ1) is 12.4. The minimum Gasteiger partial charge on any atom is -0.456 e. The van der Waals surface area contributed by atoms with Crippen LogP contribution in [0.1, 0.15) is 4.88 Å². The lowest BCUT2D eigenvalue weighted by atomic mass is 10.1. The molecule has 0 aliphatic carbocycles. The zero-order valence-corrected chi connectivity index (χ0v) is 11.9. The van der Waals surface area contributed by atoms with Gasteiger partial charge in [-0.25, -0.2) is 4.39 Å². The van der Waals surface area contributed by atoms with E-state index in [9.17, 15) is 4.39 Å². The van der Waals surface area contributed by atoms with Crippen molar-refractivity contribution in [2.24, 2.45) is 0 Å². The highest BCUT2D eigenvalue weighted by atomic mass is 32.1. The summed E-state index contributed by atoms with van der Waals surface area (Å²) < 4.78 is 19.1. The molecule has 0 atom stereocenters. The first-order valence-corrected chi connectivity index (χ1v) is 7.56. The number of hydrogen-bond donors (Lipinski definition) is 1. The number of furan rings is 1. The molecule has 4 heteroatoms. The van der Waals surface area contributed by atoms with Crippen molar-refractivity contribution in [3.05, 3.63) is 64.6 Å². The van der Waals surface area contributed by atoms with Crippen LogP contribution in [0.5, 0.6) is 0 Å². The number of hydrogen-bond acceptors (Lipinski definition) is 3. The number of benzene rings is 2. The SMILES string of the molecule is Fc1ccc2oc3ccc(NCc4cccs4)cc3c2c1. The fourth-order valence-corrected chi connectivity index (χ4v) is 3.11. The number of nitrogens with one attached hydrogen (secondary N) is 1. The Labute approximate surface area is 124 Å². The van der Waals surface area contributed by atoms with E-state index in [1.165, 1.54) is 17.0 Å². The number of fused-ring (bicyclic) bond motifs is 3. The van der Waals surface area contributed by atoms with Gasteiger partial charge < -0.3 is 9.73 Å². The molecular formula is C17H12FNOS. The van der Waals surface area contributed by atoms with Gasteiger partial charge in [-0.15, -0.1) is 11.3 Å². The molecule has 0 saturated heterocycles. The molecular weight excluding hydrogens is 285 g/mol. The maximum absolute atomic E-state index is 13.4. The van der Waals surface area contributed by atoms with Gasteiger partial charge >= 0.3 is 0 Å². The van der Waals surface area contributed by atoms with Gasteiger partial charge in [-0.3, -0.25) is 0 Å². The van der Waals surface area contributed by atoms with E-state index >= 15 is 0 Å². The van der Waals surface area contributed by atoms with E-state index < -0.39 is 0 Å². The van der Waals surface area contributed by atoms with E-state index in [1.807, 2.05) is 24.3 Å². The van der Waals surface area contributed by atoms with Gasteiger partial charge in [0.15, 0.2) is 0 Å². The van der Waals surface area contributed by atoms with Gasteiger partial charge in [0, 0.05) is 27.9 Å². The third-order valence-electron chi connectivity index (χ3n) is 3.48. The smallest absolute Gasteiger partial charge is 0.135 e. The van der Waals surface area contributed by atoms with E-state index in [-0.39, 0.29) is 5.82 Å². The van der Waals surface area contributed by atoms with Gasteiger partial charge in [-0.05, 0) is 47.8 Å². The summed E-state index contributed by atoms with van der Waals surface area (Å²) in [7, 11) is 0. The Bertz CT molecular complexity index is 911. The van der Waals surface area contributed by atoms with E-state index in [2.05, 4.69) is 16.8 Å². The quantitative estimate of drug-likeness (QED) is 0.548. The normalized spacial score (nSPS) is 11.3. The van der Waals surface area contributed by atoms with Crippen LogP contribution in [-0.4, -0.2) is 0 Å². The Balaban J connectivity index is 1.74. The summed E-state index contributed by atoms with van der Waals surface area (Å²) in [6.07, 6.45) is 0. The van der Waals surface area contributed by atoms with Crippen LogP contribution >= 0.6 is 11.3 Å². The van der Waals surface area contributed by atoms with E-state index in [0.717, 1.165) is 28.6 Å². The van der Waals surface area contributed by atoms with Gasteiger partial charge in [0.25, 0.3) is 0 Å². The molecule has 1 N–H and O–H groups in total. The summed E-state index contributed by atoms with van der Waals surface area (Å²) in [6, 6.07) is 14.7. The van der Waals surface area contributed by atoms with Gasteiger partial charge in [-0.1, -0.05) is 6.07 Å². The number of anilines is 1. The Morgan fingerprint density at radius 2 is 1.81 bits per heavy atom. The largest absolute Gasteiger partial charge is 0.456 e. The molecule has 2 heterocycles. The highest BCUT2D eigenvalue weighted by Crippen LogP contribution is 2.31. The molecule has 0 radical (unpaired) electrons. The summed E-state index contributed by atoms with van der Waals surface area (Å²) in [5.74, 6) is -0.248. The Hall–Kier alpha value is -2.33. The summed E-state index contributed by atoms with van der Waals surface area (Å²) >= 11 is 1.72. The molecule has 0 unspecified atom stereocenters. The second kappa shape index (κ2) is 4.90. The minimum absolute atomic E-state index is 0.248. The summed E-state index contributed by atoms with van der Waals surface area (Å²) in [6.45, 7) is 0.785. The van der Waals surface area contributed by atoms with Crippen molar-refractivity contribution in [1.29, 1.82) is 0 Å². The summed E-state index contributed by atoms with van der Waals surface area (Å²) in [4.78, 5) is 1.28. The fourth-order valence-electron chi connectivity index (χ4n) is 2.46. The van der Waals surface area contributed by atoms with Crippen LogP contribution in [0.15, 0.2) is 58.3 Å². The molecule has 4 rings (SSSR count). The Morgan fingerprint density at radius 3 is 2.62 bits per heavy atom. The van der Waals surface area contributed by atoms with Crippen molar-refractivity contribution >= 4 is 39.0 Å². The van der Waals surface area contributed by atoms with E-state index in [1.54, 1.807) is 17.4 Å². The molecule has 0 fully saturated rings. The van der Waals surface area contributed by atoms with Crippen LogP contribution in [0, 0.1) is 5.82 Å². The maximum atomic E-state index is 13.4. The van der Waals surface area contributed by atoms with Gasteiger partial charge in [0.05, 0.1) is 0 Å². The van der Waals surface area contributed by atoms with Crippen molar-refractivity contribution in [2.45, 2.75) is 6.54 Å². The van der Waals surface area contributed by atoms with E-state index in [0.29, 0.717) is 5.58 Å². The van der Waals surface area contributed by atoms with Crippen molar-refractivity contribution < 1.29 is 8.81 Å². The molecule has 2 nitrogen and oxygen atoms in total. The molecule has 2 aromatic carbocycles. The van der Waals surface area contributed by atoms with Crippen molar-refractivity contribution in [2.75, 3.05) is 5.32 Å². The highest BCUT2D eigenvalue weighted by molar-refractivity contribution is 7.09. The average molecular weight is 297 g/mol. The van der Waals surface area contributed by atoms with E-state index in [4.69, 9.17) is 4.42 Å². The molecule has 0 aliphatic rings. The van der Waals surface area contributed by atoms with Crippen LogP contribution in [-0.2, 0) is 6.54 Å². The Kier molecular flexibility index (Phi) is 2.89. The first-order valence-electron chi connectivity index (χ1n) is 6.68. The van der Waals surface area contributed by atoms with Crippen LogP contribution in [0.25, 0.3) is 21.9 Å². The molecule has 0 bridgehead atoms. The monoisotopic (exact) mass is 297 g/mol. The third-order valence-corrected chi connectivity index (χ3v) is 4.35. The molecule has 21 heavy (non-hydrogen) atoms. The molecule has 104 valence electrons. The maximum Gasteiger partial charge on any atom is 0.135 e. The Morgan fingerprint density at radius 1 is 1.00 bits per heavy atom. The lowest BCUT2D eigenvalue weighted by Gasteiger charge is -2.04. The second-order valence-corrected chi connectivity index (χ2v) is 5.92. The fraction of sp³-hybridized carbons (Fsp3) is 0.0588. The molecule has 0 amide bonds. The predicted octanol–water partition coefficient (Wildman–Crippen LogP) is 5.40. The lowest BCUT2D eigenvalue weighted by Crippen LogP contribution is -1.96. The van der Waals surface area contributed by atoms with Crippen molar-refractivity contribution in [3.63, 3.8) is 0 Å². The van der Waals surface area contributed by atoms with Crippen molar-refractivity contribution in [3.8, 4) is 0 Å². The zero-order valence-electron chi connectivity index (χ0n) is 11.1. The predicted molar refractivity (Wildman–Crippen MR) is 85.3 cm³/mol. The second-order valence-electron chi connectivity index (χ2n) is 4.89. The molecule has 4 aromatic rings. The van der Waals surface area contributed by atoms with Crippen LogP contribution in [0.4, 0.5) is 10.1 Å². The number of rotatable bonds is 3. The van der Waals surface area contributed by atoms with Gasteiger partial charge in [0.2, 0.25) is 0 Å². The van der Waals surface area contributed by atoms with Gasteiger partial charge in [-0.2, -0.15) is 0 Å². The average Bonchev–Trinajstić information content (AvgIpc) is 3.12. The lowest BCUT2D eigenvalue weighted by molar-refractivity contribution is 0.626. The van der Waals surface area contributed by atoms with Crippen LogP contribution < -0.4 is 5.32 Å². The summed E-state index contributed by atoms with van der Waals surface area (Å²) in [5, 5.41) is 7.19. The molecule has 0 saturated carbocycles. The standard InChI is InChI=1S/C17H12FNOS/c18-11-3-5-16-14(8-11)15-9-12(4-6-17(15)20-16)19-10-13-2-1-7-21-13/h1-9,19H,10H2. The molecule has 2 aromatic heterocycles. The van der Waals surface area contributed by atoms with Crippen LogP contribution in [0.3, 0.4) is 0 Å². The summed E-state index contributed by atoms with van der Waals surface area (Å²) in [5.41, 5.74) is 2.49. The molecule has 0 aliphatic heterocycles.